The molecule has 1 N–H and O–H groups in total. The molecular formula is C22H30N2O4S. The first-order valence-corrected chi connectivity index (χ1v) is 11.2. The fourth-order valence-corrected chi connectivity index (χ4v) is 5.55. The van der Waals surface area contributed by atoms with Gasteiger partial charge in [-0.25, -0.2) is 12.7 Å². The largest absolute Gasteiger partial charge is 0.497 e. The first-order chi connectivity index (χ1) is 14.9. The van der Waals surface area contributed by atoms with Crippen molar-refractivity contribution in [2.45, 2.75) is 17.8 Å². The molecule has 1 heterocycles. The highest BCUT2D eigenvalue weighted by molar-refractivity contribution is 7.88. The molecule has 0 aromatic heterocycles. The molecule has 2 aromatic carbocycles. The highest BCUT2D eigenvalue weighted by Gasteiger charge is 2.45. The molecule has 0 unspecified atom stereocenters. The van der Waals surface area contributed by atoms with Crippen LogP contribution in [0.15, 0.2) is 54.6 Å². The number of piperidine rings is 1. The zero-order chi connectivity index (χ0) is 23.6. The van der Waals surface area contributed by atoms with Crippen LogP contribution in [0.25, 0.3) is 0 Å². The predicted octanol–water partition coefficient (Wildman–Crippen LogP) is 2.30. The number of aliphatic hydroxyl groups is 1. The van der Waals surface area contributed by atoms with Gasteiger partial charge in [-0.15, -0.1) is 0 Å². The van der Waals surface area contributed by atoms with Gasteiger partial charge in [-0.3, -0.25) is 0 Å². The summed E-state index contributed by atoms with van der Waals surface area (Å²) in [6.45, 7) is 0.784. The summed E-state index contributed by atoms with van der Waals surface area (Å²) in [5, 5.41) is 11.7. The van der Waals surface area contributed by atoms with Gasteiger partial charge in [0.05, 0.1) is 22.5 Å². The molecule has 0 aliphatic carbocycles. The minimum atomic E-state index is -3.57. The minimum absolute atomic E-state index is 0.0944. The Kier molecular flexibility index (Phi) is 5.45. The molecular weight excluding hydrogens is 388 g/mol. The quantitative estimate of drug-likeness (QED) is 0.743. The van der Waals surface area contributed by atoms with Gasteiger partial charge in [-0.1, -0.05) is 42.5 Å². The number of ether oxygens (including phenoxy) is 1. The lowest BCUT2D eigenvalue weighted by Crippen LogP contribution is -2.54. The Labute approximate surface area is 178 Å². The van der Waals surface area contributed by atoms with Gasteiger partial charge in [0.2, 0.25) is 10.0 Å². The highest BCUT2D eigenvalue weighted by Crippen LogP contribution is 2.40. The molecule has 1 saturated heterocycles. The molecule has 158 valence electrons. The van der Waals surface area contributed by atoms with E-state index in [4.69, 9.17) is 8.85 Å². The van der Waals surface area contributed by atoms with E-state index in [-0.39, 0.29) is 31.0 Å². The second-order valence-corrected chi connectivity index (χ2v) is 9.83. The van der Waals surface area contributed by atoms with Crippen LogP contribution in [0.4, 0.5) is 0 Å². The lowest BCUT2D eigenvalue weighted by atomic mass is 9.76. The van der Waals surface area contributed by atoms with Crippen LogP contribution >= 0.6 is 0 Å². The molecule has 7 heteroatoms. The molecule has 1 aliphatic heterocycles. The maximum Gasteiger partial charge on any atom is 0.218 e. The Morgan fingerprint density at radius 3 is 2.69 bits per heavy atom. The molecule has 6 nitrogen and oxygen atoms in total. The number of methoxy groups -OCH3 is 1. The smallest absolute Gasteiger partial charge is 0.218 e. The zero-order valence-corrected chi connectivity index (χ0v) is 17.6. The van der Waals surface area contributed by atoms with Crippen molar-refractivity contribution in [3.8, 4) is 5.75 Å². The summed E-state index contributed by atoms with van der Waals surface area (Å²) in [4.78, 5) is 1.91. The summed E-state index contributed by atoms with van der Waals surface area (Å²) in [7, 11) is -2.43. The van der Waals surface area contributed by atoms with E-state index in [0.717, 1.165) is 0 Å². The van der Waals surface area contributed by atoms with Gasteiger partial charge in [0.1, 0.15) is 5.75 Å². The summed E-state index contributed by atoms with van der Waals surface area (Å²) < 4.78 is 54.6. The number of hydrogen-bond acceptors (Lipinski definition) is 5. The van der Waals surface area contributed by atoms with Gasteiger partial charge in [0, 0.05) is 25.6 Å². The average molecular weight is 422 g/mol. The van der Waals surface area contributed by atoms with E-state index in [0.29, 0.717) is 17.7 Å². The fourth-order valence-electron chi connectivity index (χ4n) is 3.97. The van der Waals surface area contributed by atoms with E-state index < -0.39 is 28.6 Å². The maximum absolute atomic E-state index is 13.1. The van der Waals surface area contributed by atoms with Crippen LogP contribution in [-0.2, 0) is 21.4 Å². The third-order valence-corrected chi connectivity index (χ3v) is 7.28. The summed E-state index contributed by atoms with van der Waals surface area (Å²) in [6.07, 6.45) is 0.191. The Morgan fingerprint density at radius 2 is 2.00 bits per heavy atom. The second-order valence-electron chi connectivity index (χ2n) is 7.86. The van der Waals surface area contributed by atoms with Crippen molar-refractivity contribution < 1.29 is 22.4 Å². The molecule has 3 rings (SSSR count). The van der Waals surface area contributed by atoms with Crippen molar-refractivity contribution in [3.05, 3.63) is 65.7 Å². The van der Waals surface area contributed by atoms with Gasteiger partial charge >= 0.3 is 0 Å². The van der Waals surface area contributed by atoms with Crippen LogP contribution < -0.4 is 4.74 Å². The normalized spacial score (nSPS) is 25.2. The Morgan fingerprint density at radius 1 is 1.24 bits per heavy atom. The van der Waals surface area contributed by atoms with E-state index in [2.05, 4.69) is 0 Å². The predicted molar refractivity (Wildman–Crippen MR) is 114 cm³/mol. The Hall–Kier alpha value is -1.93. The third kappa shape index (κ3) is 4.98. The number of nitrogens with zero attached hydrogens (tertiary/aromatic N) is 2. The van der Waals surface area contributed by atoms with Gasteiger partial charge in [0.15, 0.2) is 0 Å². The van der Waals surface area contributed by atoms with Crippen LogP contribution in [0, 0.1) is 5.92 Å². The van der Waals surface area contributed by atoms with Crippen molar-refractivity contribution in [2.24, 2.45) is 5.92 Å². The number of hydrogen-bond donors (Lipinski definition) is 1. The number of sulfonamides is 1. The number of rotatable bonds is 7. The average Bonchev–Trinajstić information content (AvgIpc) is 2.68. The molecule has 0 bridgehead atoms. The highest BCUT2D eigenvalue weighted by atomic mass is 32.2. The first kappa shape index (κ1) is 17.9. The van der Waals surface area contributed by atoms with E-state index >= 15 is 0 Å². The van der Waals surface area contributed by atoms with E-state index in [9.17, 15) is 13.5 Å². The van der Waals surface area contributed by atoms with Gasteiger partial charge in [0.25, 0.3) is 0 Å². The van der Waals surface area contributed by atoms with Crippen LogP contribution in [0.2, 0.25) is 0 Å². The molecule has 29 heavy (non-hydrogen) atoms. The van der Waals surface area contributed by atoms with Crippen molar-refractivity contribution in [1.29, 1.82) is 0 Å². The Bertz CT molecular complexity index is 1020. The van der Waals surface area contributed by atoms with Crippen molar-refractivity contribution in [2.75, 3.05) is 40.8 Å². The summed E-state index contributed by atoms with van der Waals surface area (Å²) in [5.74, 6) is -0.374. The van der Waals surface area contributed by atoms with Crippen LogP contribution in [-0.4, -0.2) is 63.5 Å². The molecule has 0 amide bonds. The minimum Gasteiger partial charge on any atom is -0.497 e. The van der Waals surface area contributed by atoms with Gasteiger partial charge < -0.3 is 14.7 Å². The van der Waals surface area contributed by atoms with E-state index in [1.807, 2.05) is 37.2 Å². The van der Waals surface area contributed by atoms with E-state index in [1.54, 1.807) is 24.3 Å². The lowest BCUT2D eigenvalue weighted by molar-refractivity contribution is -0.0698. The molecule has 2 atom stereocenters. The topological polar surface area (TPSA) is 70.1 Å². The lowest BCUT2D eigenvalue weighted by Gasteiger charge is -2.45. The van der Waals surface area contributed by atoms with Crippen LogP contribution in [0.1, 0.15) is 21.7 Å². The van der Waals surface area contributed by atoms with Gasteiger partial charge in [-0.05, 0) is 43.8 Å². The first-order valence-electron chi connectivity index (χ1n) is 11.1. The second kappa shape index (κ2) is 8.83. The standard InChI is InChI=1S/C22H30N2O4S/c1-23(2)15-20-16-24(29(26,27)17-18-8-5-4-6-9-18)13-12-22(20,25)19-10-7-11-21(14-19)28-3/h4-11,14,20,25H,12-13,15-17H2,1-3H3/t20-,22-/m1/s1/i3D3. The summed E-state index contributed by atoms with van der Waals surface area (Å²) >= 11 is 0. The molecule has 0 saturated carbocycles. The van der Waals surface area contributed by atoms with Crippen LogP contribution in [0.3, 0.4) is 0 Å². The Balaban J connectivity index is 1.86. The summed E-state index contributed by atoms with van der Waals surface area (Å²) in [5.41, 5.74) is -0.0878. The maximum atomic E-state index is 13.1. The monoisotopic (exact) mass is 421 g/mol. The molecule has 2 aromatic rings. The molecule has 1 fully saturated rings. The third-order valence-electron chi connectivity index (χ3n) is 5.46. The molecule has 1 aliphatic rings. The molecule has 0 spiro atoms. The van der Waals surface area contributed by atoms with E-state index in [1.165, 1.54) is 16.4 Å². The zero-order valence-electron chi connectivity index (χ0n) is 19.8. The molecule has 0 radical (unpaired) electrons. The SMILES string of the molecule is [2H]C([2H])([2H])Oc1cccc([C@]2(O)CCN(S(=O)(=O)Cc3ccccc3)C[C@H]2CN(C)C)c1. The van der Waals surface area contributed by atoms with Crippen molar-refractivity contribution in [3.63, 3.8) is 0 Å². The fraction of sp³-hybridized carbons (Fsp3) is 0.455. The van der Waals surface area contributed by atoms with Crippen LogP contribution in [0.5, 0.6) is 5.75 Å². The van der Waals surface area contributed by atoms with Crippen molar-refractivity contribution in [1.82, 2.24) is 9.21 Å². The van der Waals surface area contributed by atoms with Crippen molar-refractivity contribution >= 4 is 10.0 Å². The summed E-state index contributed by atoms with van der Waals surface area (Å²) in [6, 6.07) is 15.4. The number of benzene rings is 2. The van der Waals surface area contributed by atoms with Gasteiger partial charge in [-0.2, -0.15) is 0 Å².